The molecule has 1 aromatic carbocycles. The highest BCUT2D eigenvalue weighted by Gasteiger charge is 2.35. The molecule has 21 heavy (non-hydrogen) atoms. The Morgan fingerprint density at radius 2 is 1.67 bits per heavy atom. The molecule has 1 rings (SSSR count). The van der Waals surface area contributed by atoms with Gasteiger partial charge in [0.05, 0.1) is 14.2 Å². The molecule has 0 atom stereocenters. The lowest BCUT2D eigenvalue weighted by molar-refractivity contribution is -0.146. The van der Waals surface area contributed by atoms with Gasteiger partial charge in [-0.2, -0.15) is 4.72 Å². The van der Waals surface area contributed by atoms with Crippen LogP contribution in [0.25, 0.3) is 0 Å². The number of carbonyl (C=O) groups is 1. The molecule has 1 aromatic rings. The van der Waals surface area contributed by atoms with Crippen molar-refractivity contribution in [1.82, 2.24) is 4.72 Å². The quantitative estimate of drug-likeness (QED) is 0.834. The predicted octanol–water partition coefficient (Wildman–Crippen LogP) is 1.54. The highest BCUT2D eigenvalue weighted by atomic mass is 32.2. The molecule has 0 unspecified atom stereocenters. The number of benzene rings is 1. The zero-order valence-electron chi connectivity index (χ0n) is 13.1. The van der Waals surface area contributed by atoms with Crippen LogP contribution in [0.2, 0.25) is 0 Å². The Kier molecular flexibility index (Phi) is 5.01. The molecule has 0 aliphatic carbocycles. The molecule has 0 aromatic heterocycles. The molecule has 0 saturated carbocycles. The van der Waals surface area contributed by atoms with Crippen LogP contribution in [-0.2, 0) is 19.6 Å². The molecule has 0 radical (unpaired) electrons. The first-order valence-electron chi connectivity index (χ1n) is 6.33. The SMILES string of the molecule is COC(=O)C(C)(C)NS(=O)(=O)c1cc(C)c(C)cc1OC. The first kappa shape index (κ1) is 17.5. The summed E-state index contributed by atoms with van der Waals surface area (Å²) in [4.78, 5) is 11.6. The molecule has 0 saturated heterocycles. The van der Waals surface area contributed by atoms with Gasteiger partial charge in [-0.1, -0.05) is 0 Å². The number of sulfonamides is 1. The van der Waals surface area contributed by atoms with Gasteiger partial charge < -0.3 is 9.47 Å². The number of nitrogens with one attached hydrogen (secondary N) is 1. The van der Waals surface area contributed by atoms with E-state index in [4.69, 9.17) is 4.74 Å². The van der Waals surface area contributed by atoms with Crippen molar-refractivity contribution in [2.24, 2.45) is 0 Å². The summed E-state index contributed by atoms with van der Waals surface area (Å²) in [6, 6.07) is 3.17. The predicted molar refractivity (Wildman–Crippen MR) is 78.9 cm³/mol. The van der Waals surface area contributed by atoms with Gasteiger partial charge in [-0.05, 0) is 51.0 Å². The van der Waals surface area contributed by atoms with E-state index < -0.39 is 21.5 Å². The minimum atomic E-state index is -3.93. The van der Waals surface area contributed by atoms with Crippen molar-refractivity contribution in [3.8, 4) is 5.75 Å². The molecule has 0 amide bonds. The van der Waals surface area contributed by atoms with E-state index in [0.717, 1.165) is 11.1 Å². The van der Waals surface area contributed by atoms with E-state index in [0.29, 0.717) is 0 Å². The maximum Gasteiger partial charge on any atom is 0.326 e. The van der Waals surface area contributed by atoms with Gasteiger partial charge in [0.2, 0.25) is 10.0 Å². The summed E-state index contributed by atoms with van der Waals surface area (Å²) in [5, 5.41) is 0. The van der Waals surface area contributed by atoms with E-state index in [1.165, 1.54) is 34.1 Å². The summed E-state index contributed by atoms with van der Waals surface area (Å²) >= 11 is 0. The molecule has 0 aliphatic heterocycles. The minimum Gasteiger partial charge on any atom is -0.495 e. The molecule has 0 fully saturated rings. The fourth-order valence-electron chi connectivity index (χ4n) is 1.82. The number of rotatable bonds is 5. The van der Waals surface area contributed by atoms with Crippen LogP contribution in [0.4, 0.5) is 0 Å². The Balaban J connectivity index is 3.32. The second kappa shape index (κ2) is 6.03. The van der Waals surface area contributed by atoms with E-state index in [-0.39, 0.29) is 10.6 Å². The van der Waals surface area contributed by atoms with Gasteiger partial charge in [0.25, 0.3) is 0 Å². The zero-order chi connectivity index (χ0) is 16.4. The van der Waals surface area contributed by atoms with Gasteiger partial charge in [0.1, 0.15) is 16.2 Å². The molecule has 7 heteroatoms. The molecule has 6 nitrogen and oxygen atoms in total. The Hall–Kier alpha value is -1.60. The second-order valence-corrected chi connectivity index (χ2v) is 6.96. The summed E-state index contributed by atoms with van der Waals surface area (Å²) in [6.45, 7) is 6.53. The Morgan fingerprint density at radius 1 is 1.14 bits per heavy atom. The van der Waals surface area contributed by atoms with Crippen LogP contribution in [-0.4, -0.2) is 34.1 Å². The average molecular weight is 315 g/mol. The van der Waals surface area contributed by atoms with Gasteiger partial charge >= 0.3 is 5.97 Å². The maximum absolute atomic E-state index is 12.5. The molecule has 0 spiro atoms. The summed E-state index contributed by atoms with van der Waals surface area (Å²) in [5.74, 6) is -0.444. The maximum atomic E-state index is 12.5. The Labute approximate surface area is 125 Å². The number of aryl methyl sites for hydroxylation is 2. The van der Waals surface area contributed by atoms with Crippen LogP contribution in [0, 0.1) is 13.8 Å². The molecule has 0 aliphatic rings. The smallest absolute Gasteiger partial charge is 0.326 e. The highest BCUT2D eigenvalue weighted by molar-refractivity contribution is 7.89. The first-order valence-corrected chi connectivity index (χ1v) is 7.81. The van der Waals surface area contributed by atoms with Crippen molar-refractivity contribution in [2.75, 3.05) is 14.2 Å². The van der Waals surface area contributed by atoms with E-state index in [9.17, 15) is 13.2 Å². The topological polar surface area (TPSA) is 81.7 Å². The third-order valence-electron chi connectivity index (χ3n) is 3.15. The normalized spacial score (nSPS) is 12.1. The zero-order valence-corrected chi connectivity index (χ0v) is 13.9. The molecular weight excluding hydrogens is 294 g/mol. The van der Waals surface area contributed by atoms with E-state index in [1.807, 2.05) is 6.92 Å². The molecule has 1 N–H and O–H groups in total. The lowest BCUT2D eigenvalue weighted by Gasteiger charge is -2.23. The van der Waals surface area contributed by atoms with Crippen LogP contribution in [0.5, 0.6) is 5.75 Å². The van der Waals surface area contributed by atoms with Gasteiger partial charge in [-0.15, -0.1) is 0 Å². The Morgan fingerprint density at radius 3 is 2.14 bits per heavy atom. The first-order chi connectivity index (χ1) is 9.55. The van der Waals surface area contributed by atoms with Crippen molar-refractivity contribution in [2.45, 2.75) is 38.1 Å². The van der Waals surface area contributed by atoms with E-state index in [1.54, 1.807) is 13.0 Å². The van der Waals surface area contributed by atoms with Crippen LogP contribution >= 0.6 is 0 Å². The van der Waals surface area contributed by atoms with Gasteiger partial charge in [-0.25, -0.2) is 8.42 Å². The third kappa shape index (κ3) is 3.74. The summed E-state index contributed by atoms with van der Waals surface area (Å²) in [6.07, 6.45) is 0. The largest absolute Gasteiger partial charge is 0.495 e. The second-order valence-electron chi connectivity index (χ2n) is 5.31. The van der Waals surface area contributed by atoms with Crippen LogP contribution < -0.4 is 9.46 Å². The number of hydrogen-bond acceptors (Lipinski definition) is 5. The number of methoxy groups -OCH3 is 2. The lowest BCUT2D eigenvalue weighted by atomic mass is 10.1. The van der Waals surface area contributed by atoms with Crippen molar-refractivity contribution in [3.05, 3.63) is 23.3 Å². The highest BCUT2D eigenvalue weighted by Crippen LogP contribution is 2.28. The monoisotopic (exact) mass is 315 g/mol. The van der Waals surface area contributed by atoms with Crippen molar-refractivity contribution in [3.63, 3.8) is 0 Å². The van der Waals surface area contributed by atoms with E-state index in [2.05, 4.69) is 9.46 Å². The fourth-order valence-corrected chi connectivity index (χ4v) is 3.42. The van der Waals surface area contributed by atoms with Crippen LogP contribution in [0.15, 0.2) is 17.0 Å². The Bertz CT molecular complexity index is 650. The summed E-state index contributed by atoms with van der Waals surface area (Å²) in [7, 11) is -1.33. The van der Waals surface area contributed by atoms with Gasteiger partial charge in [0.15, 0.2) is 0 Å². The number of ether oxygens (including phenoxy) is 2. The molecule has 0 heterocycles. The summed E-state index contributed by atoms with van der Waals surface area (Å²) in [5.41, 5.74) is 0.349. The third-order valence-corrected chi connectivity index (χ3v) is 4.83. The fraction of sp³-hybridized carbons (Fsp3) is 0.500. The molecular formula is C14H21NO5S. The number of esters is 1. The summed E-state index contributed by atoms with van der Waals surface area (Å²) < 4.78 is 37.1. The van der Waals surface area contributed by atoms with E-state index >= 15 is 0 Å². The molecule has 0 bridgehead atoms. The van der Waals surface area contributed by atoms with Crippen LogP contribution in [0.3, 0.4) is 0 Å². The van der Waals surface area contributed by atoms with Crippen LogP contribution in [0.1, 0.15) is 25.0 Å². The minimum absolute atomic E-state index is 0.00919. The van der Waals surface area contributed by atoms with Gasteiger partial charge in [-0.3, -0.25) is 4.79 Å². The molecule has 118 valence electrons. The number of carbonyl (C=O) groups excluding carboxylic acids is 1. The van der Waals surface area contributed by atoms with Crippen molar-refractivity contribution < 1.29 is 22.7 Å². The average Bonchev–Trinajstić information content (AvgIpc) is 2.38. The van der Waals surface area contributed by atoms with Crippen molar-refractivity contribution >= 4 is 16.0 Å². The van der Waals surface area contributed by atoms with Crippen molar-refractivity contribution in [1.29, 1.82) is 0 Å². The lowest BCUT2D eigenvalue weighted by Crippen LogP contribution is -2.50. The van der Waals surface area contributed by atoms with Gasteiger partial charge in [0, 0.05) is 0 Å². The standard InChI is InChI=1S/C14H21NO5S/c1-9-7-11(19-5)12(8-10(9)2)21(17,18)15-14(3,4)13(16)20-6/h7-8,15H,1-6H3. The number of hydrogen-bond donors (Lipinski definition) is 1.